The molecule has 5 rings (SSSR count). The highest BCUT2D eigenvalue weighted by atomic mass is 32.2. The van der Waals surface area contributed by atoms with Crippen LogP contribution in [0.1, 0.15) is 49.3 Å². The summed E-state index contributed by atoms with van der Waals surface area (Å²) in [5.74, 6) is 1.24. The van der Waals surface area contributed by atoms with Crippen molar-refractivity contribution < 1.29 is 34.8 Å². The largest absolute Gasteiger partial charge is 0.416 e. The number of rotatable bonds is 10. The first kappa shape index (κ1) is 33.5. The van der Waals surface area contributed by atoms with Crippen LogP contribution in [0.25, 0.3) is 10.9 Å². The fourth-order valence-corrected chi connectivity index (χ4v) is 6.67. The van der Waals surface area contributed by atoms with Crippen LogP contribution in [-0.2, 0) is 28.8 Å². The molecule has 1 aromatic heterocycles. The number of anilines is 3. The van der Waals surface area contributed by atoms with Crippen LogP contribution < -0.4 is 15.4 Å². The summed E-state index contributed by atoms with van der Waals surface area (Å²) in [6.07, 6.45) is -6.61. The van der Waals surface area contributed by atoms with Crippen LogP contribution >= 0.6 is 0 Å². The maximum absolute atomic E-state index is 13.2. The smallest absolute Gasteiger partial charge is 0.354 e. The van der Waals surface area contributed by atoms with E-state index in [0.29, 0.717) is 31.2 Å². The van der Waals surface area contributed by atoms with Gasteiger partial charge in [-0.1, -0.05) is 31.2 Å². The Labute approximate surface area is 262 Å². The molecule has 0 amide bonds. The Kier molecular flexibility index (Phi) is 9.78. The van der Waals surface area contributed by atoms with Gasteiger partial charge in [-0.3, -0.25) is 0 Å². The minimum Gasteiger partial charge on any atom is -0.354 e. The van der Waals surface area contributed by atoms with Gasteiger partial charge in [-0.15, -0.1) is 0 Å². The van der Waals surface area contributed by atoms with Crippen molar-refractivity contribution in [1.82, 2.24) is 14.7 Å². The summed E-state index contributed by atoms with van der Waals surface area (Å²) in [6.45, 7) is 2.57. The number of aryl methyl sites for hydroxylation is 1. The summed E-state index contributed by atoms with van der Waals surface area (Å²) in [4.78, 5) is 8.29. The summed E-state index contributed by atoms with van der Waals surface area (Å²) >= 11 is 0. The lowest BCUT2D eigenvalue weighted by Crippen LogP contribution is -2.32. The monoisotopic (exact) mass is 665 g/mol. The fraction of sp³-hybridized carbons (Fsp3) is 0.375. The molecule has 0 aliphatic heterocycles. The number of hydrogen-bond donors (Lipinski definition) is 3. The first-order chi connectivity index (χ1) is 21.7. The van der Waals surface area contributed by atoms with Crippen molar-refractivity contribution in [3.63, 3.8) is 0 Å². The fourth-order valence-electron chi connectivity index (χ4n) is 5.48. The molecule has 4 aromatic rings. The van der Waals surface area contributed by atoms with Crippen molar-refractivity contribution in [2.45, 2.75) is 56.3 Å². The number of benzene rings is 3. The topological polar surface area (TPSA) is 96.0 Å². The SMILES string of the molecule is CCc1ccc(Nc2nc(NC[C@H]3CC[C@H](CNS(=O)(=O)c4cc(C(F)(F)F)cc(C(F)(F)F)c4)CC3)nc3ccccc23)cc1. The average Bonchev–Trinajstić information content (AvgIpc) is 3.02. The highest BCUT2D eigenvalue weighted by Crippen LogP contribution is 2.37. The van der Waals surface area contributed by atoms with Gasteiger partial charge in [0.2, 0.25) is 16.0 Å². The van der Waals surface area contributed by atoms with E-state index in [9.17, 15) is 34.8 Å². The van der Waals surface area contributed by atoms with Crippen LogP contribution in [0.3, 0.4) is 0 Å². The van der Waals surface area contributed by atoms with E-state index in [4.69, 9.17) is 4.98 Å². The van der Waals surface area contributed by atoms with Gasteiger partial charge in [0, 0.05) is 24.2 Å². The number of aromatic nitrogens is 2. The van der Waals surface area contributed by atoms with Gasteiger partial charge in [-0.25, -0.2) is 18.1 Å². The molecular weight excluding hydrogens is 632 g/mol. The van der Waals surface area contributed by atoms with E-state index in [2.05, 4.69) is 39.4 Å². The van der Waals surface area contributed by atoms with Crippen LogP contribution in [-0.4, -0.2) is 31.5 Å². The lowest BCUT2D eigenvalue weighted by atomic mass is 9.82. The van der Waals surface area contributed by atoms with Crippen LogP contribution in [0.5, 0.6) is 0 Å². The molecule has 0 atom stereocenters. The molecule has 14 heteroatoms. The highest BCUT2D eigenvalue weighted by molar-refractivity contribution is 7.89. The Morgan fingerprint density at radius 1 is 0.783 bits per heavy atom. The highest BCUT2D eigenvalue weighted by Gasteiger charge is 2.38. The first-order valence-electron chi connectivity index (χ1n) is 14.9. The number of halogens is 6. The molecule has 1 heterocycles. The predicted molar refractivity (Wildman–Crippen MR) is 164 cm³/mol. The van der Waals surface area contributed by atoms with Crippen LogP contribution in [0.15, 0.2) is 71.6 Å². The third-order valence-corrected chi connectivity index (χ3v) is 9.58. The summed E-state index contributed by atoms with van der Waals surface area (Å²) in [5, 5.41) is 7.57. The third kappa shape index (κ3) is 8.27. The second-order valence-corrected chi connectivity index (χ2v) is 13.2. The average molecular weight is 666 g/mol. The number of sulfonamides is 1. The van der Waals surface area contributed by atoms with Crippen molar-refractivity contribution in [1.29, 1.82) is 0 Å². The van der Waals surface area contributed by atoms with Gasteiger partial charge >= 0.3 is 12.4 Å². The molecule has 3 aromatic carbocycles. The maximum atomic E-state index is 13.2. The number of hydrogen-bond acceptors (Lipinski definition) is 6. The summed E-state index contributed by atoms with van der Waals surface area (Å²) in [5.41, 5.74) is -0.469. The predicted octanol–water partition coefficient (Wildman–Crippen LogP) is 8.17. The van der Waals surface area contributed by atoms with Gasteiger partial charge in [0.25, 0.3) is 0 Å². The molecule has 1 aliphatic rings. The molecule has 46 heavy (non-hydrogen) atoms. The maximum Gasteiger partial charge on any atom is 0.416 e. The van der Waals surface area contributed by atoms with Gasteiger partial charge in [-0.2, -0.15) is 31.3 Å². The Bertz CT molecular complexity index is 1740. The molecule has 0 saturated heterocycles. The van der Waals surface area contributed by atoms with Crippen LogP contribution in [0, 0.1) is 11.8 Å². The summed E-state index contributed by atoms with van der Waals surface area (Å²) in [6, 6.07) is 16.1. The minimum absolute atomic E-state index is 0.0951. The van der Waals surface area contributed by atoms with Gasteiger partial charge in [0.05, 0.1) is 21.5 Å². The Hall–Kier alpha value is -3.91. The Morgan fingerprint density at radius 3 is 1.96 bits per heavy atom. The molecule has 0 bridgehead atoms. The van der Waals surface area contributed by atoms with Gasteiger partial charge < -0.3 is 10.6 Å². The Morgan fingerprint density at radius 2 is 1.37 bits per heavy atom. The molecule has 1 fully saturated rings. The van der Waals surface area contributed by atoms with E-state index in [1.165, 1.54) is 5.56 Å². The van der Waals surface area contributed by atoms with E-state index >= 15 is 0 Å². The molecule has 0 radical (unpaired) electrons. The van der Waals surface area contributed by atoms with Gasteiger partial charge in [0.1, 0.15) is 5.82 Å². The zero-order valence-corrected chi connectivity index (χ0v) is 25.7. The molecule has 1 aliphatic carbocycles. The molecular formula is C32H33F6N5O2S. The standard InChI is InChI=1S/C32H33F6N5O2S/c1-2-20-11-13-25(14-12-20)41-29-27-5-3-4-6-28(27)42-30(43-29)39-18-21-7-9-22(10-8-21)19-40-46(44,45)26-16-23(31(33,34)35)15-24(17-26)32(36,37)38/h3-6,11-17,21-22,40H,2,7-10,18-19H2,1H3,(H2,39,41,42,43)/t21-,22-. The lowest BCUT2D eigenvalue weighted by molar-refractivity contribution is -0.143. The Balaban J connectivity index is 1.18. The second kappa shape index (κ2) is 13.4. The van der Waals surface area contributed by atoms with Gasteiger partial charge in [0.15, 0.2) is 0 Å². The molecule has 3 N–H and O–H groups in total. The van der Waals surface area contributed by atoms with E-state index in [1.807, 2.05) is 36.4 Å². The van der Waals surface area contributed by atoms with E-state index < -0.39 is 38.4 Å². The van der Waals surface area contributed by atoms with E-state index in [1.54, 1.807) is 0 Å². The number of fused-ring (bicyclic) bond motifs is 1. The minimum atomic E-state index is -5.14. The molecule has 0 unspecified atom stereocenters. The number of alkyl halides is 6. The molecule has 0 spiro atoms. The van der Waals surface area contributed by atoms with Gasteiger partial charge in [-0.05, 0) is 92.0 Å². The summed E-state index contributed by atoms with van der Waals surface area (Å²) < 4.78 is 107. The van der Waals surface area contributed by atoms with Crippen molar-refractivity contribution in [3.05, 3.63) is 83.4 Å². The zero-order valence-electron chi connectivity index (χ0n) is 24.8. The normalized spacial score (nSPS) is 17.6. The quantitative estimate of drug-likeness (QED) is 0.148. The number of nitrogens with one attached hydrogen (secondary N) is 3. The zero-order chi connectivity index (χ0) is 33.1. The van der Waals surface area contributed by atoms with Crippen molar-refractivity contribution in [2.75, 3.05) is 23.7 Å². The van der Waals surface area contributed by atoms with Crippen LogP contribution in [0.2, 0.25) is 0 Å². The number of nitrogens with zero attached hydrogens (tertiary/aromatic N) is 2. The van der Waals surface area contributed by atoms with Crippen molar-refractivity contribution >= 4 is 38.4 Å². The van der Waals surface area contributed by atoms with E-state index in [-0.39, 0.29) is 36.6 Å². The molecule has 7 nitrogen and oxygen atoms in total. The van der Waals surface area contributed by atoms with Crippen molar-refractivity contribution in [2.24, 2.45) is 11.8 Å². The van der Waals surface area contributed by atoms with Crippen LogP contribution in [0.4, 0.5) is 43.8 Å². The number of para-hydroxylation sites is 1. The van der Waals surface area contributed by atoms with E-state index in [0.717, 1.165) is 35.9 Å². The molecule has 246 valence electrons. The second-order valence-electron chi connectivity index (χ2n) is 11.4. The molecule has 1 saturated carbocycles. The van der Waals surface area contributed by atoms with Crippen molar-refractivity contribution in [3.8, 4) is 0 Å². The lowest BCUT2D eigenvalue weighted by Gasteiger charge is -2.28. The summed E-state index contributed by atoms with van der Waals surface area (Å²) in [7, 11) is -4.62. The first-order valence-corrected chi connectivity index (χ1v) is 16.4. The third-order valence-electron chi connectivity index (χ3n) is 8.18.